The van der Waals surface area contributed by atoms with Crippen molar-refractivity contribution < 1.29 is 0 Å². The molecule has 102 valence electrons. The summed E-state index contributed by atoms with van der Waals surface area (Å²) in [6.45, 7) is 3.22. The minimum Gasteiger partial charge on any atom is -0.310 e. The van der Waals surface area contributed by atoms with Gasteiger partial charge in [-0.3, -0.25) is 0 Å². The Kier molecular flexibility index (Phi) is 6.00. The average molecular weight is 286 g/mol. The van der Waals surface area contributed by atoms with Crippen molar-refractivity contribution in [2.45, 2.75) is 57.9 Å². The second-order valence-corrected chi connectivity index (χ2v) is 7.08. The van der Waals surface area contributed by atoms with Crippen molar-refractivity contribution in [2.24, 2.45) is 5.92 Å². The lowest BCUT2D eigenvalue weighted by Crippen LogP contribution is -2.21. The molecular weight excluding hydrogens is 262 g/mol. The first-order chi connectivity index (χ1) is 8.79. The molecule has 1 aromatic heterocycles. The van der Waals surface area contributed by atoms with Crippen LogP contribution in [0.15, 0.2) is 12.1 Å². The summed E-state index contributed by atoms with van der Waals surface area (Å²) in [5.74, 6) is 0.968. The van der Waals surface area contributed by atoms with E-state index in [0.717, 1.165) is 16.8 Å². The molecule has 1 nitrogen and oxygen atoms in total. The van der Waals surface area contributed by atoms with Gasteiger partial charge in [-0.05, 0) is 37.4 Å². The van der Waals surface area contributed by atoms with E-state index in [9.17, 15) is 0 Å². The predicted octanol–water partition coefficient (Wildman–Crippen LogP) is 5.41. The molecule has 0 bridgehead atoms. The van der Waals surface area contributed by atoms with Crippen molar-refractivity contribution >= 4 is 22.9 Å². The number of halogens is 1. The second-order valence-electron chi connectivity index (χ2n) is 5.33. The SMILES string of the molecule is CCNC(CCC1CCCCC1)c1ccc(Cl)s1. The highest BCUT2D eigenvalue weighted by Gasteiger charge is 2.17. The molecule has 0 spiro atoms. The molecule has 1 atom stereocenters. The normalized spacial score (nSPS) is 19.0. The topological polar surface area (TPSA) is 12.0 Å². The highest BCUT2D eigenvalue weighted by Crippen LogP contribution is 2.33. The summed E-state index contributed by atoms with van der Waals surface area (Å²) < 4.78 is 0.908. The molecule has 1 saturated carbocycles. The molecule has 0 radical (unpaired) electrons. The van der Waals surface area contributed by atoms with Gasteiger partial charge in [0, 0.05) is 10.9 Å². The zero-order valence-corrected chi connectivity index (χ0v) is 12.8. The van der Waals surface area contributed by atoms with E-state index in [1.54, 1.807) is 11.3 Å². The van der Waals surface area contributed by atoms with Gasteiger partial charge in [0.2, 0.25) is 0 Å². The summed E-state index contributed by atoms with van der Waals surface area (Å²) in [5, 5.41) is 3.60. The van der Waals surface area contributed by atoms with Crippen LogP contribution >= 0.6 is 22.9 Å². The fourth-order valence-corrected chi connectivity index (χ4v) is 4.16. The highest BCUT2D eigenvalue weighted by atomic mass is 35.5. The largest absolute Gasteiger partial charge is 0.310 e. The van der Waals surface area contributed by atoms with E-state index >= 15 is 0 Å². The first kappa shape index (κ1) is 14.4. The minimum atomic E-state index is 0.509. The van der Waals surface area contributed by atoms with E-state index in [1.165, 1.54) is 49.8 Å². The van der Waals surface area contributed by atoms with Gasteiger partial charge in [-0.2, -0.15) is 0 Å². The monoisotopic (exact) mass is 285 g/mol. The minimum absolute atomic E-state index is 0.509. The third kappa shape index (κ3) is 4.25. The van der Waals surface area contributed by atoms with Gasteiger partial charge >= 0.3 is 0 Å². The molecule has 0 amide bonds. The molecule has 0 aromatic carbocycles. The molecule has 1 aliphatic carbocycles. The summed E-state index contributed by atoms with van der Waals surface area (Å²) in [5.41, 5.74) is 0. The smallest absolute Gasteiger partial charge is 0.0931 e. The molecule has 1 unspecified atom stereocenters. The van der Waals surface area contributed by atoms with Crippen molar-refractivity contribution in [3.05, 3.63) is 21.3 Å². The molecule has 1 aromatic rings. The van der Waals surface area contributed by atoms with Crippen LogP contribution in [0.25, 0.3) is 0 Å². The Balaban J connectivity index is 1.85. The van der Waals surface area contributed by atoms with E-state index in [-0.39, 0.29) is 0 Å². The number of nitrogens with one attached hydrogen (secondary N) is 1. The Hall–Kier alpha value is -0.0500. The van der Waals surface area contributed by atoms with Crippen LogP contribution in [0.2, 0.25) is 4.34 Å². The Labute approximate surface area is 120 Å². The molecule has 0 aliphatic heterocycles. The van der Waals surface area contributed by atoms with Crippen molar-refractivity contribution in [3.63, 3.8) is 0 Å². The van der Waals surface area contributed by atoms with Gasteiger partial charge in [-0.1, -0.05) is 50.6 Å². The maximum absolute atomic E-state index is 6.04. The summed E-state index contributed by atoms with van der Waals surface area (Å²) in [6, 6.07) is 4.71. The number of thiophene rings is 1. The molecule has 2 rings (SSSR count). The number of hydrogen-bond donors (Lipinski definition) is 1. The fourth-order valence-electron chi connectivity index (χ4n) is 2.99. The van der Waals surface area contributed by atoms with Gasteiger partial charge in [0.05, 0.1) is 4.34 Å². The van der Waals surface area contributed by atoms with Crippen LogP contribution in [0.4, 0.5) is 0 Å². The van der Waals surface area contributed by atoms with E-state index in [0.29, 0.717) is 6.04 Å². The number of hydrogen-bond acceptors (Lipinski definition) is 2. The van der Waals surface area contributed by atoms with Crippen molar-refractivity contribution in [3.8, 4) is 0 Å². The Bertz CT molecular complexity index is 344. The second kappa shape index (κ2) is 7.52. The van der Waals surface area contributed by atoms with Gasteiger partial charge in [-0.15, -0.1) is 11.3 Å². The zero-order valence-electron chi connectivity index (χ0n) is 11.3. The molecule has 1 fully saturated rings. The molecule has 3 heteroatoms. The number of rotatable bonds is 6. The summed E-state index contributed by atoms with van der Waals surface area (Å²) in [4.78, 5) is 1.40. The summed E-state index contributed by atoms with van der Waals surface area (Å²) >= 11 is 7.77. The van der Waals surface area contributed by atoms with E-state index in [2.05, 4.69) is 18.3 Å². The van der Waals surface area contributed by atoms with Crippen LogP contribution in [0.3, 0.4) is 0 Å². The lowest BCUT2D eigenvalue weighted by atomic mass is 9.85. The maximum atomic E-state index is 6.04. The Morgan fingerprint density at radius 1 is 1.33 bits per heavy atom. The molecule has 1 aliphatic rings. The van der Waals surface area contributed by atoms with Crippen LogP contribution in [0.1, 0.15) is 62.8 Å². The summed E-state index contributed by atoms with van der Waals surface area (Å²) in [7, 11) is 0. The standard InChI is InChI=1S/C15H24ClNS/c1-2-17-13(14-10-11-15(16)18-14)9-8-12-6-4-3-5-7-12/h10-13,17H,2-9H2,1H3. The maximum Gasteiger partial charge on any atom is 0.0931 e. The van der Waals surface area contributed by atoms with Gasteiger partial charge < -0.3 is 5.32 Å². The highest BCUT2D eigenvalue weighted by molar-refractivity contribution is 7.16. The van der Waals surface area contributed by atoms with Crippen LogP contribution in [0.5, 0.6) is 0 Å². The van der Waals surface area contributed by atoms with E-state index in [1.807, 2.05) is 6.07 Å². The van der Waals surface area contributed by atoms with Crippen LogP contribution in [-0.2, 0) is 0 Å². The third-order valence-corrected chi connectivity index (χ3v) is 5.32. The van der Waals surface area contributed by atoms with Gasteiger partial charge in [0.25, 0.3) is 0 Å². The predicted molar refractivity (Wildman–Crippen MR) is 81.6 cm³/mol. The molecule has 18 heavy (non-hydrogen) atoms. The van der Waals surface area contributed by atoms with Gasteiger partial charge in [-0.25, -0.2) is 0 Å². The van der Waals surface area contributed by atoms with Crippen molar-refractivity contribution in [1.82, 2.24) is 5.32 Å². The van der Waals surface area contributed by atoms with Crippen molar-refractivity contribution in [1.29, 1.82) is 0 Å². The van der Waals surface area contributed by atoms with Gasteiger partial charge in [0.15, 0.2) is 0 Å². The van der Waals surface area contributed by atoms with Crippen molar-refractivity contribution in [2.75, 3.05) is 6.54 Å². The molecule has 1 heterocycles. The van der Waals surface area contributed by atoms with Crippen LogP contribution in [0, 0.1) is 5.92 Å². The lowest BCUT2D eigenvalue weighted by molar-refractivity contribution is 0.316. The van der Waals surface area contributed by atoms with Crippen LogP contribution < -0.4 is 5.32 Å². The third-order valence-electron chi connectivity index (χ3n) is 3.98. The lowest BCUT2D eigenvalue weighted by Gasteiger charge is -2.24. The van der Waals surface area contributed by atoms with Crippen LogP contribution in [-0.4, -0.2) is 6.54 Å². The fraction of sp³-hybridized carbons (Fsp3) is 0.733. The zero-order chi connectivity index (χ0) is 12.8. The summed E-state index contributed by atoms with van der Waals surface area (Å²) in [6.07, 6.45) is 9.87. The quantitative estimate of drug-likeness (QED) is 0.736. The van der Waals surface area contributed by atoms with E-state index < -0.39 is 0 Å². The molecular formula is C15H24ClNS. The first-order valence-corrected chi connectivity index (χ1v) is 8.47. The molecule has 1 N–H and O–H groups in total. The Morgan fingerprint density at radius 3 is 2.72 bits per heavy atom. The average Bonchev–Trinajstić information content (AvgIpc) is 2.82. The first-order valence-electron chi connectivity index (χ1n) is 7.28. The Morgan fingerprint density at radius 2 is 2.11 bits per heavy atom. The molecule has 0 saturated heterocycles. The van der Waals surface area contributed by atoms with Gasteiger partial charge in [0.1, 0.15) is 0 Å². The van der Waals surface area contributed by atoms with E-state index in [4.69, 9.17) is 11.6 Å².